The number of carbonyl (C=O) groups excluding carboxylic acids is 2. The van der Waals surface area contributed by atoms with Crippen LogP contribution in [0, 0.1) is 22.7 Å². The summed E-state index contributed by atoms with van der Waals surface area (Å²) in [5, 5.41) is 0. The Morgan fingerprint density at radius 2 is 1.66 bits per heavy atom. The zero-order valence-electron chi connectivity index (χ0n) is 21.8. The molecule has 0 amide bonds. The Balaban J connectivity index is 2.12. The number of ether oxygens (including phenoxy) is 2. The standard InChI is InChI=1S/C28H46O4/c1-20(2)11-9-12-21(3)14-18-31-25(30)19-24-27(7)16-10-15-26(5,6)23(27)13-17-28(24,8)32-22(4)29/h11,14,23-24H,9-10,12-13,15-19H2,1-8H3/b21-14+/t23-,24+,27-,28+/m0/s1. The summed E-state index contributed by atoms with van der Waals surface area (Å²) in [6, 6.07) is 0. The van der Waals surface area contributed by atoms with Gasteiger partial charge in [-0.3, -0.25) is 9.59 Å². The monoisotopic (exact) mass is 446 g/mol. The molecular weight excluding hydrogens is 400 g/mol. The Bertz CT molecular complexity index is 743. The smallest absolute Gasteiger partial charge is 0.306 e. The lowest BCUT2D eigenvalue weighted by Crippen LogP contribution is -2.59. The van der Waals surface area contributed by atoms with Gasteiger partial charge >= 0.3 is 11.9 Å². The van der Waals surface area contributed by atoms with Crippen LogP contribution in [0.15, 0.2) is 23.3 Å². The van der Waals surface area contributed by atoms with Gasteiger partial charge in [-0.25, -0.2) is 0 Å². The molecule has 4 atom stereocenters. The van der Waals surface area contributed by atoms with Gasteiger partial charge in [0.2, 0.25) is 0 Å². The van der Waals surface area contributed by atoms with E-state index in [0.717, 1.165) is 38.5 Å². The minimum Gasteiger partial charge on any atom is -0.461 e. The first-order valence-electron chi connectivity index (χ1n) is 12.4. The number of hydrogen-bond donors (Lipinski definition) is 0. The number of carbonyl (C=O) groups is 2. The third-order valence-corrected chi connectivity index (χ3v) is 8.25. The van der Waals surface area contributed by atoms with Crippen LogP contribution < -0.4 is 0 Å². The number of rotatable bonds is 8. The topological polar surface area (TPSA) is 52.6 Å². The van der Waals surface area contributed by atoms with Gasteiger partial charge in [-0.15, -0.1) is 0 Å². The largest absolute Gasteiger partial charge is 0.461 e. The van der Waals surface area contributed by atoms with Crippen molar-refractivity contribution >= 4 is 11.9 Å². The number of hydrogen-bond acceptors (Lipinski definition) is 4. The van der Waals surface area contributed by atoms with Crippen molar-refractivity contribution in [1.29, 1.82) is 0 Å². The van der Waals surface area contributed by atoms with E-state index in [2.05, 4.69) is 47.6 Å². The van der Waals surface area contributed by atoms with Gasteiger partial charge in [0.15, 0.2) is 0 Å². The van der Waals surface area contributed by atoms with Crippen molar-refractivity contribution in [3.05, 3.63) is 23.3 Å². The molecule has 2 aliphatic carbocycles. The molecule has 0 spiro atoms. The first-order chi connectivity index (χ1) is 14.8. The Morgan fingerprint density at radius 1 is 0.969 bits per heavy atom. The van der Waals surface area contributed by atoms with Crippen LogP contribution in [0.2, 0.25) is 0 Å². The molecule has 0 saturated heterocycles. The van der Waals surface area contributed by atoms with Gasteiger partial charge < -0.3 is 9.47 Å². The molecule has 2 saturated carbocycles. The van der Waals surface area contributed by atoms with Crippen molar-refractivity contribution in [2.45, 2.75) is 112 Å². The third kappa shape index (κ3) is 6.48. The number of fused-ring (bicyclic) bond motifs is 1. The molecule has 2 rings (SSSR count). The van der Waals surface area contributed by atoms with Crippen molar-refractivity contribution in [2.75, 3.05) is 6.61 Å². The van der Waals surface area contributed by atoms with E-state index in [4.69, 9.17) is 9.47 Å². The quantitative estimate of drug-likeness (QED) is 0.293. The van der Waals surface area contributed by atoms with Crippen molar-refractivity contribution < 1.29 is 19.1 Å². The predicted molar refractivity (Wildman–Crippen MR) is 130 cm³/mol. The highest BCUT2D eigenvalue weighted by atomic mass is 16.6. The van der Waals surface area contributed by atoms with Crippen LogP contribution in [-0.2, 0) is 19.1 Å². The van der Waals surface area contributed by atoms with Gasteiger partial charge in [0.25, 0.3) is 0 Å². The Labute approximate surface area is 196 Å². The fourth-order valence-electron chi connectivity index (χ4n) is 6.70. The van der Waals surface area contributed by atoms with E-state index >= 15 is 0 Å². The van der Waals surface area contributed by atoms with E-state index in [1.807, 2.05) is 13.0 Å². The molecule has 0 radical (unpaired) electrons. The summed E-state index contributed by atoms with van der Waals surface area (Å²) in [4.78, 5) is 24.9. The lowest BCUT2D eigenvalue weighted by Gasteiger charge is -2.61. The molecule has 0 N–H and O–H groups in total. The fraction of sp³-hybridized carbons (Fsp3) is 0.786. The lowest BCUT2D eigenvalue weighted by molar-refractivity contribution is -0.202. The fourth-order valence-corrected chi connectivity index (χ4v) is 6.70. The summed E-state index contributed by atoms with van der Waals surface area (Å²) >= 11 is 0. The predicted octanol–water partition coefficient (Wildman–Crippen LogP) is 7.18. The summed E-state index contributed by atoms with van der Waals surface area (Å²) in [6.07, 6.45) is 11.8. The highest BCUT2D eigenvalue weighted by Gasteiger charge is 2.60. The SMILES string of the molecule is CC(=O)O[C@]1(C)CC[C@H]2C(C)(C)CCC[C@]2(C)[C@H]1CC(=O)OC/C=C(\C)CCC=C(C)C. The molecule has 0 aliphatic heterocycles. The molecule has 182 valence electrons. The number of allylic oxidation sites excluding steroid dienone is 3. The molecule has 4 nitrogen and oxygen atoms in total. The molecule has 0 heterocycles. The van der Waals surface area contributed by atoms with E-state index in [1.165, 1.54) is 24.5 Å². The van der Waals surface area contributed by atoms with E-state index in [-0.39, 0.29) is 28.7 Å². The van der Waals surface area contributed by atoms with Crippen LogP contribution in [-0.4, -0.2) is 24.1 Å². The van der Waals surface area contributed by atoms with Crippen LogP contribution in [0.1, 0.15) is 107 Å². The van der Waals surface area contributed by atoms with Crippen LogP contribution in [0.5, 0.6) is 0 Å². The summed E-state index contributed by atoms with van der Waals surface area (Å²) in [7, 11) is 0. The molecule has 0 aromatic heterocycles. The highest BCUT2D eigenvalue weighted by molar-refractivity contribution is 5.71. The summed E-state index contributed by atoms with van der Waals surface area (Å²) in [5.74, 6) is 0.0276. The van der Waals surface area contributed by atoms with E-state index in [0.29, 0.717) is 18.9 Å². The summed E-state index contributed by atoms with van der Waals surface area (Å²) < 4.78 is 11.6. The van der Waals surface area contributed by atoms with E-state index in [9.17, 15) is 9.59 Å². The Kier molecular flexibility index (Phi) is 8.81. The molecule has 4 heteroatoms. The van der Waals surface area contributed by atoms with Gasteiger partial charge in [0, 0.05) is 12.8 Å². The second-order valence-corrected chi connectivity index (χ2v) is 11.7. The molecular formula is C28H46O4. The molecule has 0 aromatic carbocycles. The summed E-state index contributed by atoms with van der Waals surface area (Å²) in [6.45, 7) is 17.2. The molecule has 0 aromatic rings. The zero-order chi connectivity index (χ0) is 24.2. The first-order valence-corrected chi connectivity index (χ1v) is 12.4. The average Bonchev–Trinajstić information content (AvgIpc) is 2.63. The maximum absolute atomic E-state index is 12.9. The average molecular weight is 447 g/mol. The molecule has 2 aliphatic rings. The van der Waals surface area contributed by atoms with Gasteiger partial charge in [0.05, 0.1) is 6.42 Å². The normalized spacial score (nSPS) is 31.9. The number of esters is 2. The Morgan fingerprint density at radius 3 is 2.28 bits per heavy atom. The summed E-state index contributed by atoms with van der Waals surface area (Å²) in [5.41, 5.74) is 2.13. The van der Waals surface area contributed by atoms with Crippen LogP contribution in [0.3, 0.4) is 0 Å². The molecule has 0 unspecified atom stereocenters. The van der Waals surface area contributed by atoms with E-state index in [1.54, 1.807) is 0 Å². The van der Waals surface area contributed by atoms with Crippen molar-refractivity contribution in [3.63, 3.8) is 0 Å². The maximum atomic E-state index is 12.9. The molecule has 32 heavy (non-hydrogen) atoms. The van der Waals surface area contributed by atoms with Crippen molar-refractivity contribution in [1.82, 2.24) is 0 Å². The van der Waals surface area contributed by atoms with Gasteiger partial charge in [-0.1, -0.05) is 44.4 Å². The first kappa shape index (κ1) is 26.7. The Hall–Kier alpha value is -1.58. The second kappa shape index (κ2) is 10.6. The zero-order valence-corrected chi connectivity index (χ0v) is 21.8. The molecule has 2 fully saturated rings. The minimum atomic E-state index is -0.625. The van der Waals surface area contributed by atoms with Crippen LogP contribution >= 0.6 is 0 Å². The second-order valence-electron chi connectivity index (χ2n) is 11.7. The van der Waals surface area contributed by atoms with Crippen LogP contribution in [0.25, 0.3) is 0 Å². The van der Waals surface area contributed by atoms with Crippen molar-refractivity contribution in [3.8, 4) is 0 Å². The van der Waals surface area contributed by atoms with Gasteiger partial charge in [-0.05, 0) is 89.0 Å². The molecule has 0 bridgehead atoms. The third-order valence-electron chi connectivity index (χ3n) is 8.25. The van der Waals surface area contributed by atoms with Crippen molar-refractivity contribution in [2.24, 2.45) is 22.7 Å². The highest BCUT2D eigenvalue weighted by Crippen LogP contribution is 2.63. The van der Waals surface area contributed by atoms with Crippen LogP contribution in [0.4, 0.5) is 0 Å². The maximum Gasteiger partial charge on any atom is 0.306 e. The van der Waals surface area contributed by atoms with Gasteiger partial charge in [-0.2, -0.15) is 0 Å². The minimum absolute atomic E-state index is 0.0348. The van der Waals surface area contributed by atoms with Gasteiger partial charge in [0.1, 0.15) is 12.2 Å². The lowest BCUT2D eigenvalue weighted by atomic mass is 9.45. The van der Waals surface area contributed by atoms with E-state index < -0.39 is 5.60 Å².